The molecule has 0 radical (unpaired) electrons. The Bertz CT molecular complexity index is 759. The Hall–Kier alpha value is -2.67. The fourth-order valence-corrected chi connectivity index (χ4v) is 2.39. The van der Waals surface area contributed by atoms with Crippen LogP contribution in [0.4, 0.5) is 4.79 Å². The highest BCUT2D eigenvalue weighted by atomic mass is 16.6. The first-order valence-electron chi connectivity index (χ1n) is 8.58. The Balaban J connectivity index is 1.95. The molecular weight excluding hydrogens is 330 g/mol. The zero-order valence-corrected chi connectivity index (χ0v) is 15.7. The van der Waals surface area contributed by atoms with Gasteiger partial charge in [0.2, 0.25) is 0 Å². The smallest absolute Gasteiger partial charge is 0.407 e. The fourth-order valence-electron chi connectivity index (χ4n) is 2.39. The topological polar surface area (TPSA) is 106 Å². The zero-order chi connectivity index (χ0) is 19.3. The molecule has 0 unspecified atom stereocenters. The minimum atomic E-state index is -0.546. The lowest BCUT2D eigenvalue weighted by Crippen LogP contribution is -2.38. The molecule has 140 valence electrons. The summed E-state index contributed by atoms with van der Waals surface area (Å²) in [6.07, 6.45) is 3.36. The third kappa shape index (κ3) is 5.70. The van der Waals surface area contributed by atoms with Gasteiger partial charge in [0, 0.05) is 30.9 Å². The van der Waals surface area contributed by atoms with E-state index in [4.69, 9.17) is 15.9 Å². The van der Waals surface area contributed by atoms with Gasteiger partial charge in [-0.1, -0.05) is 12.1 Å². The van der Waals surface area contributed by atoms with E-state index < -0.39 is 11.7 Å². The van der Waals surface area contributed by atoms with E-state index in [0.29, 0.717) is 24.4 Å². The lowest BCUT2D eigenvalue weighted by Gasteiger charge is -2.21. The van der Waals surface area contributed by atoms with Gasteiger partial charge >= 0.3 is 6.09 Å². The highest BCUT2D eigenvalue weighted by Crippen LogP contribution is 2.12. The molecule has 2 rings (SSSR count). The number of nitrogens with zero attached hydrogens (tertiary/aromatic N) is 2. The van der Waals surface area contributed by atoms with Crippen molar-refractivity contribution in [3.8, 4) is 5.69 Å². The average molecular weight is 357 g/mol. The van der Waals surface area contributed by atoms with Crippen LogP contribution in [-0.2, 0) is 11.3 Å². The van der Waals surface area contributed by atoms with Crippen LogP contribution in [-0.4, -0.2) is 33.0 Å². The quantitative estimate of drug-likeness (QED) is 0.691. The minimum Gasteiger partial charge on any atom is -0.444 e. The number of rotatable bonds is 6. The Morgan fingerprint density at radius 1 is 1.35 bits per heavy atom. The molecule has 7 nitrogen and oxygen atoms in total. The summed E-state index contributed by atoms with van der Waals surface area (Å²) in [6.45, 7) is 7.77. The van der Waals surface area contributed by atoms with Gasteiger partial charge in [-0.15, -0.1) is 0 Å². The third-order valence-corrected chi connectivity index (χ3v) is 3.64. The largest absolute Gasteiger partial charge is 0.444 e. The molecule has 1 atom stereocenters. The molecule has 0 saturated heterocycles. The molecule has 0 bridgehead atoms. The molecule has 1 aromatic heterocycles. The number of alkyl carbamates (subject to hydrolysis) is 1. The molecule has 26 heavy (non-hydrogen) atoms. The van der Waals surface area contributed by atoms with Gasteiger partial charge in [0.1, 0.15) is 11.3 Å². The van der Waals surface area contributed by atoms with E-state index in [0.717, 1.165) is 11.3 Å². The van der Waals surface area contributed by atoms with Gasteiger partial charge in [0.25, 0.3) is 0 Å². The maximum atomic E-state index is 11.8. The van der Waals surface area contributed by atoms with E-state index in [1.807, 2.05) is 56.5 Å². The minimum absolute atomic E-state index is 0.230. The molecule has 1 amide bonds. The van der Waals surface area contributed by atoms with Crippen LogP contribution in [0.25, 0.3) is 5.69 Å². The number of nitrogens with one attached hydrogen (secondary N) is 2. The van der Waals surface area contributed by atoms with Crippen molar-refractivity contribution < 1.29 is 9.53 Å². The number of hydrogen-bond donors (Lipinski definition) is 3. The first-order valence-corrected chi connectivity index (χ1v) is 8.58. The predicted octanol–water partition coefficient (Wildman–Crippen LogP) is 3.00. The molecule has 0 fully saturated rings. The maximum absolute atomic E-state index is 11.8. The Labute approximate surface area is 154 Å². The van der Waals surface area contributed by atoms with Crippen molar-refractivity contribution in [2.75, 3.05) is 0 Å². The number of benzene rings is 1. The number of imidazole rings is 1. The molecular formula is C19H27N5O2. The highest BCUT2D eigenvalue weighted by molar-refractivity contribution is 5.96. The monoisotopic (exact) mass is 357 g/mol. The van der Waals surface area contributed by atoms with Gasteiger partial charge in [-0.2, -0.15) is 0 Å². The Morgan fingerprint density at radius 2 is 2.00 bits per heavy atom. The van der Waals surface area contributed by atoms with Crippen molar-refractivity contribution in [1.29, 1.82) is 5.41 Å². The molecule has 1 heterocycles. The van der Waals surface area contributed by atoms with Gasteiger partial charge in [-0.25, -0.2) is 9.78 Å². The molecule has 0 aliphatic rings. The normalized spacial score (nSPS) is 12.5. The van der Waals surface area contributed by atoms with Crippen molar-refractivity contribution in [1.82, 2.24) is 14.9 Å². The number of carbonyl (C=O) groups is 1. The van der Waals surface area contributed by atoms with Crippen LogP contribution in [0.2, 0.25) is 0 Å². The lowest BCUT2D eigenvalue weighted by molar-refractivity contribution is 0.0510. The van der Waals surface area contributed by atoms with E-state index >= 15 is 0 Å². The number of carbonyl (C=O) groups excluding carboxylic acids is 1. The molecule has 0 aliphatic carbocycles. The maximum Gasteiger partial charge on any atom is 0.407 e. The highest BCUT2D eigenvalue weighted by Gasteiger charge is 2.19. The third-order valence-electron chi connectivity index (χ3n) is 3.64. The fraction of sp³-hybridized carbons (Fsp3) is 0.421. The molecule has 1 aromatic carbocycles. The number of amides is 1. The average Bonchev–Trinajstić information content (AvgIpc) is 3.03. The van der Waals surface area contributed by atoms with Crippen LogP contribution < -0.4 is 11.1 Å². The summed E-state index contributed by atoms with van der Waals surface area (Å²) < 4.78 is 7.08. The van der Waals surface area contributed by atoms with Crippen LogP contribution >= 0.6 is 0 Å². The van der Waals surface area contributed by atoms with Gasteiger partial charge in [-0.05, 0) is 45.4 Å². The summed E-state index contributed by atoms with van der Waals surface area (Å²) in [7, 11) is 0. The van der Waals surface area contributed by atoms with Crippen molar-refractivity contribution in [3.63, 3.8) is 0 Å². The van der Waals surface area contributed by atoms with Crippen LogP contribution in [0.15, 0.2) is 36.8 Å². The van der Waals surface area contributed by atoms with Crippen molar-refractivity contribution in [2.45, 2.75) is 52.3 Å². The summed E-state index contributed by atoms with van der Waals surface area (Å²) in [5, 5.41) is 11.0. The number of hydrogen-bond acceptors (Lipinski definition) is 5. The summed E-state index contributed by atoms with van der Waals surface area (Å²) in [5.74, 6) is 0. The molecule has 0 aliphatic heterocycles. The van der Waals surface area contributed by atoms with Gasteiger partial charge in [0.15, 0.2) is 0 Å². The predicted molar refractivity (Wildman–Crippen MR) is 102 cm³/mol. The number of aromatic nitrogens is 2. The molecule has 0 spiro atoms. The number of ether oxygens (including phenoxy) is 1. The number of nitrogens with two attached hydrogens (primary N) is 1. The summed E-state index contributed by atoms with van der Waals surface area (Å²) in [4.78, 5) is 16.1. The van der Waals surface area contributed by atoms with Crippen LogP contribution in [0.5, 0.6) is 0 Å². The van der Waals surface area contributed by atoms with Crippen LogP contribution in [0.1, 0.15) is 45.4 Å². The second-order valence-electron chi connectivity index (χ2n) is 7.27. The Kier molecular flexibility index (Phi) is 6.15. The summed E-state index contributed by atoms with van der Waals surface area (Å²) in [6, 6.07) is 7.63. The van der Waals surface area contributed by atoms with Gasteiger partial charge in [0.05, 0.1) is 12.0 Å². The van der Waals surface area contributed by atoms with E-state index in [1.165, 1.54) is 0 Å². The molecule has 4 N–H and O–H groups in total. The van der Waals surface area contributed by atoms with Crippen LogP contribution in [0, 0.1) is 5.41 Å². The van der Waals surface area contributed by atoms with Crippen molar-refractivity contribution in [2.24, 2.45) is 5.73 Å². The molecule has 0 saturated carbocycles. The van der Waals surface area contributed by atoms with Crippen molar-refractivity contribution >= 4 is 11.8 Å². The SMILES string of the molecule is C[C@@H](CC(=N)c1cn(-c2ccc(CN)cc2)cn1)NC(=O)OC(C)(C)C. The van der Waals surface area contributed by atoms with Crippen LogP contribution in [0.3, 0.4) is 0 Å². The Morgan fingerprint density at radius 3 is 2.58 bits per heavy atom. The zero-order valence-electron chi connectivity index (χ0n) is 15.7. The second kappa shape index (κ2) is 8.14. The van der Waals surface area contributed by atoms with E-state index in [2.05, 4.69) is 10.3 Å². The first kappa shape index (κ1) is 19.7. The molecule has 2 aromatic rings. The van der Waals surface area contributed by atoms with Crippen molar-refractivity contribution in [3.05, 3.63) is 48.0 Å². The summed E-state index contributed by atoms with van der Waals surface area (Å²) in [5.41, 5.74) is 8.00. The van der Waals surface area contributed by atoms with E-state index in [1.54, 1.807) is 12.5 Å². The van der Waals surface area contributed by atoms with E-state index in [9.17, 15) is 4.79 Å². The standard InChI is InChI=1S/C19H27N5O2/c1-13(23-18(25)26-19(2,3)4)9-16(21)17-11-24(12-22-17)15-7-5-14(10-20)6-8-15/h5-8,11-13,21H,9-10,20H2,1-4H3,(H,23,25)/t13-/m0/s1. The second-order valence-corrected chi connectivity index (χ2v) is 7.27. The van der Waals surface area contributed by atoms with Gasteiger partial charge < -0.3 is 25.8 Å². The lowest BCUT2D eigenvalue weighted by atomic mass is 10.1. The first-order chi connectivity index (χ1) is 12.2. The van der Waals surface area contributed by atoms with E-state index in [-0.39, 0.29) is 6.04 Å². The van der Waals surface area contributed by atoms with Gasteiger partial charge in [-0.3, -0.25) is 0 Å². The molecule has 7 heteroatoms. The summed E-state index contributed by atoms with van der Waals surface area (Å²) >= 11 is 0.